The normalized spacial score (nSPS) is 11.0. The van der Waals surface area contributed by atoms with Crippen LogP contribution in [0.2, 0.25) is 15.1 Å². The maximum absolute atomic E-state index is 12.5. The van der Waals surface area contributed by atoms with Gasteiger partial charge in [-0.3, -0.25) is 4.79 Å². The van der Waals surface area contributed by atoms with E-state index in [0.717, 1.165) is 5.56 Å². The molecule has 3 aromatic carbocycles. The SMILES string of the molecule is N#C/C(=C/c1cc(Cl)c(OCc2ccc(Cl)c(Cl)c2)c(Br)c1)C(=O)Nc1cccc(C(=O)O)c1. The topological polar surface area (TPSA) is 99.4 Å². The molecule has 0 aliphatic rings. The van der Waals surface area contributed by atoms with Crippen molar-refractivity contribution in [1.82, 2.24) is 0 Å². The molecule has 0 heterocycles. The highest BCUT2D eigenvalue weighted by atomic mass is 79.9. The first-order valence-corrected chi connectivity index (χ1v) is 11.4. The molecule has 0 atom stereocenters. The molecule has 2 N–H and O–H groups in total. The van der Waals surface area contributed by atoms with E-state index < -0.39 is 11.9 Å². The predicted octanol–water partition coefficient (Wildman–Crippen LogP) is 7.23. The summed E-state index contributed by atoms with van der Waals surface area (Å²) in [6.07, 6.45) is 1.36. The summed E-state index contributed by atoms with van der Waals surface area (Å²) < 4.78 is 6.31. The minimum absolute atomic E-state index is 0.00691. The van der Waals surface area contributed by atoms with E-state index in [1.807, 2.05) is 6.07 Å². The lowest BCUT2D eigenvalue weighted by molar-refractivity contribution is -0.112. The van der Waals surface area contributed by atoms with Gasteiger partial charge >= 0.3 is 5.97 Å². The van der Waals surface area contributed by atoms with Crippen molar-refractivity contribution in [3.8, 4) is 11.8 Å². The van der Waals surface area contributed by atoms with Crippen molar-refractivity contribution in [3.05, 3.63) is 96.4 Å². The summed E-state index contributed by atoms with van der Waals surface area (Å²) >= 11 is 21.7. The van der Waals surface area contributed by atoms with Crippen LogP contribution >= 0.6 is 50.7 Å². The zero-order valence-corrected chi connectivity index (χ0v) is 21.0. The van der Waals surface area contributed by atoms with E-state index in [9.17, 15) is 14.9 Å². The van der Waals surface area contributed by atoms with Gasteiger partial charge in [-0.15, -0.1) is 0 Å². The lowest BCUT2D eigenvalue weighted by Crippen LogP contribution is -2.14. The Hall–Kier alpha value is -3.02. The third-order valence-electron chi connectivity index (χ3n) is 4.43. The number of carbonyl (C=O) groups excluding carboxylic acids is 1. The molecule has 3 rings (SSSR count). The summed E-state index contributed by atoms with van der Waals surface area (Å²) in [5, 5.41) is 22.2. The van der Waals surface area contributed by atoms with E-state index in [0.29, 0.717) is 25.8 Å². The number of nitriles is 1. The van der Waals surface area contributed by atoms with Crippen LogP contribution in [0.4, 0.5) is 5.69 Å². The molecule has 0 saturated carbocycles. The highest BCUT2D eigenvalue weighted by molar-refractivity contribution is 9.10. The van der Waals surface area contributed by atoms with Crippen LogP contribution in [-0.2, 0) is 11.4 Å². The number of carbonyl (C=O) groups is 2. The number of benzene rings is 3. The molecule has 0 radical (unpaired) electrons. The highest BCUT2D eigenvalue weighted by Crippen LogP contribution is 2.36. The molecule has 0 aliphatic heterocycles. The van der Waals surface area contributed by atoms with Gasteiger partial charge in [0, 0.05) is 5.69 Å². The average molecular weight is 581 g/mol. The van der Waals surface area contributed by atoms with Crippen molar-refractivity contribution in [2.24, 2.45) is 0 Å². The quantitative estimate of drug-likeness (QED) is 0.227. The molecule has 0 unspecified atom stereocenters. The Kier molecular flexibility index (Phi) is 8.59. The van der Waals surface area contributed by atoms with Crippen LogP contribution in [0, 0.1) is 11.3 Å². The van der Waals surface area contributed by atoms with E-state index in [2.05, 4.69) is 21.2 Å². The predicted molar refractivity (Wildman–Crippen MR) is 136 cm³/mol. The Morgan fingerprint density at radius 1 is 1.06 bits per heavy atom. The summed E-state index contributed by atoms with van der Waals surface area (Å²) in [5.41, 5.74) is 1.32. The summed E-state index contributed by atoms with van der Waals surface area (Å²) in [6.45, 7) is 0.186. The fourth-order valence-electron chi connectivity index (χ4n) is 2.83. The van der Waals surface area contributed by atoms with Crippen molar-refractivity contribution in [3.63, 3.8) is 0 Å². The molecule has 6 nitrogen and oxygen atoms in total. The molecule has 0 bridgehead atoms. The number of nitrogens with one attached hydrogen (secondary N) is 1. The molecule has 0 aliphatic carbocycles. The molecule has 0 aromatic heterocycles. The van der Waals surface area contributed by atoms with Crippen LogP contribution in [0.5, 0.6) is 5.75 Å². The first-order valence-electron chi connectivity index (χ1n) is 9.50. The van der Waals surface area contributed by atoms with E-state index >= 15 is 0 Å². The van der Waals surface area contributed by atoms with Crippen LogP contribution in [0.25, 0.3) is 6.08 Å². The van der Waals surface area contributed by atoms with Gasteiger partial charge < -0.3 is 15.2 Å². The lowest BCUT2D eigenvalue weighted by Gasteiger charge is -2.12. The van der Waals surface area contributed by atoms with Gasteiger partial charge in [-0.25, -0.2) is 4.79 Å². The molecule has 3 aromatic rings. The number of hydrogen-bond donors (Lipinski definition) is 2. The van der Waals surface area contributed by atoms with E-state index in [-0.39, 0.29) is 28.5 Å². The van der Waals surface area contributed by atoms with Crippen molar-refractivity contribution < 1.29 is 19.4 Å². The number of amides is 1. The van der Waals surface area contributed by atoms with Gasteiger partial charge in [0.05, 0.1) is 25.1 Å². The third-order valence-corrected chi connectivity index (χ3v) is 6.04. The second kappa shape index (κ2) is 11.4. The van der Waals surface area contributed by atoms with Crippen molar-refractivity contribution in [1.29, 1.82) is 5.26 Å². The maximum atomic E-state index is 12.5. The summed E-state index contributed by atoms with van der Waals surface area (Å²) in [5.74, 6) is -1.45. The van der Waals surface area contributed by atoms with E-state index in [1.54, 1.807) is 30.3 Å². The van der Waals surface area contributed by atoms with Crippen LogP contribution in [-0.4, -0.2) is 17.0 Å². The van der Waals surface area contributed by atoms with Crippen LogP contribution < -0.4 is 10.1 Å². The van der Waals surface area contributed by atoms with Gasteiger partial charge in [-0.2, -0.15) is 5.26 Å². The van der Waals surface area contributed by atoms with Crippen LogP contribution in [0.1, 0.15) is 21.5 Å². The fourth-order valence-corrected chi connectivity index (χ4v) is 4.14. The minimum Gasteiger partial charge on any atom is -0.486 e. The molecule has 0 saturated heterocycles. The lowest BCUT2D eigenvalue weighted by atomic mass is 10.1. The number of nitrogens with zero attached hydrogens (tertiary/aromatic N) is 1. The molecular weight excluding hydrogens is 567 g/mol. The van der Waals surface area contributed by atoms with Gasteiger partial charge in [0.15, 0.2) is 5.75 Å². The van der Waals surface area contributed by atoms with Gasteiger partial charge in [0.1, 0.15) is 18.2 Å². The van der Waals surface area contributed by atoms with Gasteiger partial charge in [-0.1, -0.05) is 46.9 Å². The molecule has 172 valence electrons. The number of aromatic carboxylic acids is 1. The monoisotopic (exact) mass is 578 g/mol. The standard InChI is InChI=1S/C24H14BrCl3N2O4/c25-18-7-14(9-21(28)22(18)34-12-13-4-5-19(26)20(27)8-13)6-16(11-29)23(31)30-17-3-1-2-15(10-17)24(32)33/h1-10H,12H2,(H,30,31)(H,32,33)/b16-6-. The molecule has 0 spiro atoms. The Balaban J connectivity index is 1.77. The van der Waals surface area contributed by atoms with Crippen LogP contribution in [0.15, 0.2) is 64.6 Å². The number of carboxylic acid groups (broad SMARTS) is 1. The summed E-state index contributed by atoms with van der Waals surface area (Å²) in [4.78, 5) is 23.6. The number of halogens is 4. The Morgan fingerprint density at radius 3 is 2.47 bits per heavy atom. The molecule has 0 fully saturated rings. The van der Waals surface area contributed by atoms with Crippen molar-refractivity contribution >= 4 is 74.4 Å². The molecular formula is C24H14BrCl3N2O4. The fraction of sp³-hybridized carbons (Fsp3) is 0.0417. The Morgan fingerprint density at radius 2 is 1.82 bits per heavy atom. The minimum atomic E-state index is -1.13. The van der Waals surface area contributed by atoms with Crippen molar-refractivity contribution in [2.75, 3.05) is 5.32 Å². The summed E-state index contributed by atoms with van der Waals surface area (Å²) in [7, 11) is 0. The van der Waals surface area contributed by atoms with E-state index in [4.69, 9.17) is 44.6 Å². The Labute approximate surface area is 218 Å². The number of hydrogen-bond acceptors (Lipinski definition) is 4. The molecule has 10 heteroatoms. The zero-order valence-electron chi connectivity index (χ0n) is 17.1. The van der Waals surface area contributed by atoms with Gasteiger partial charge in [-0.05, 0) is 75.6 Å². The summed E-state index contributed by atoms with van der Waals surface area (Å²) in [6, 6.07) is 15.9. The largest absolute Gasteiger partial charge is 0.486 e. The van der Waals surface area contributed by atoms with Gasteiger partial charge in [0.25, 0.3) is 5.91 Å². The Bertz CT molecular complexity index is 1330. The third kappa shape index (κ3) is 6.52. The number of carboxylic acids is 1. The number of ether oxygens (including phenoxy) is 1. The second-order valence-electron chi connectivity index (χ2n) is 6.86. The van der Waals surface area contributed by atoms with Crippen LogP contribution in [0.3, 0.4) is 0 Å². The number of anilines is 1. The highest BCUT2D eigenvalue weighted by Gasteiger charge is 2.14. The van der Waals surface area contributed by atoms with Gasteiger partial charge in [0.2, 0.25) is 0 Å². The number of rotatable bonds is 7. The zero-order chi connectivity index (χ0) is 24.8. The second-order valence-corrected chi connectivity index (χ2v) is 8.94. The first-order chi connectivity index (χ1) is 16.2. The average Bonchev–Trinajstić information content (AvgIpc) is 2.79. The first kappa shape index (κ1) is 25.6. The van der Waals surface area contributed by atoms with Crippen molar-refractivity contribution in [2.45, 2.75) is 6.61 Å². The van der Waals surface area contributed by atoms with E-state index in [1.165, 1.54) is 30.3 Å². The molecule has 34 heavy (non-hydrogen) atoms. The maximum Gasteiger partial charge on any atom is 0.335 e. The molecule has 1 amide bonds. The smallest absolute Gasteiger partial charge is 0.335 e.